The van der Waals surface area contributed by atoms with Crippen LogP contribution in [-0.2, 0) is 12.4 Å². The Morgan fingerprint density at radius 3 is 1.96 bits per heavy atom. The van der Waals surface area contributed by atoms with Crippen molar-refractivity contribution in [3.05, 3.63) is 47.5 Å². The number of nitrogens with two attached hydrogens (primary N) is 2. The predicted octanol–water partition coefficient (Wildman–Crippen LogP) is 4.68. The third-order valence-electron chi connectivity index (χ3n) is 2.82. The van der Waals surface area contributed by atoms with Crippen LogP contribution in [0.2, 0.25) is 0 Å². The maximum absolute atomic E-state index is 12.7. The molecule has 0 spiro atoms. The molecule has 4 N–H and O–H groups in total. The molecular formula is C14H10F6N2O. The number of rotatable bonds is 2. The Labute approximate surface area is 126 Å². The summed E-state index contributed by atoms with van der Waals surface area (Å²) in [6.07, 6.45) is -9.37. The van der Waals surface area contributed by atoms with Crippen molar-refractivity contribution in [2.75, 3.05) is 11.5 Å². The zero-order chi connectivity index (χ0) is 17.4. The number of nitrogen functional groups attached to an aromatic ring is 2. The molecule has 0 aliphatic carbocycles. The van der Waals surface area contributed by atoms with Crippen molar-refractivity contribution in [2.45, 2.75) is 12.4 Å². The fourth-order valence-corrected chi connectivity index (χ4v) is 1.83. The van der Waals surface area contributed by atoms with Gasteiger partial charge in [0, 0.05) is 17.4 Å². The van der Waals surface area contributed by atoms with Gasteiger partial charge in [-0.25, -0.2) is 0 Å². The van der Waals surface area contributed by atoms with Crippen molar-refractivity contribution < 1.29 is 31.1 Å². The molecule has 2 aromatic carbocycles. The largest absolute Gasteiger partial charge is 0.457 e. The molecule has 0 aliphatic rings. The maximum atomic E-state index is 12.7. The van der Waals surface area contributed by atoms with Crippen molar-refractivity contribution in [1.29, 1.82) is 0 Å². The Morgan fingerprint density at radius 2 is 1.39 bits per heavy atom. The summed E-state index contributed by atoms with van der Waals surface area (Å²) in [5, 5.41) is 0. The summed E-state index contributed by atoms with van der Waals surface area (Å²) in [6, 6.07) is 5.07. The van der Waals surface area contributed by atoms with Crippen LogP contribution in [0.25, 0.3) is 0 Å². The van der Waals surface area contributed by atoms with Crippen molar-refractivity contribution in [2.24, 2.45) is 0 Å². The predicted molar refractivity (Wildman–Crippen MR) is 71.8 cm³/mol. The lowest BCUT2D eigenvalue weighted by Gasteiger charge is -2.14. The molecule has 0 atom stereocenters. The summed E-state index contributed by atoms with van der Waals surface area (Å²) >= 11 is 0. The number of hydrogen-bond donors (Lipinski definition) is 2. The minimum Gasteiger partial charge on any atom is -0.457 e. The van der Waals surface area contributed by atoms with E-state index in [-0.39, 0.29) is 17.2 Å². The first-order valence-corrected chi connectivity index (χ1v) is 6.09. The van der Waals surface area contributed by atoms with E-state index in [1.54, 1.807) is 0 Å². The Kier molecular flexibility index (Phi) is 4.06. The number of anilines is 2. The average Bonchev–Trinajstić information content (AvgIpc) is 2.38. The Hall–Kier alpha value is -2.58. The summed E-state index contributed by atoms with van der Waals surface area (Å²) in [5.41, 5.74) is 7.61. The van der Waals surface area contributed by atoms with Crippen LogP contribution in [0, 0.1) is 0 Å². The second-order valence-electron chi connectivity index (χ2n) is 4.64. The summed E-state index contributed by atoms with van der Waals surface area (Å²) in [6.45, 7) is 0. The molecule has 0 saturated carbocycles. The second kappa shape index (κ2) is 5.56. The van der Waals surface area contributed by atoms with Gasteiger partial charge < -0.3 is 16.2 Å². The topological polar surface area (TPSA) is 61.3 Å². The van der Waals surface area contributed by atoms with Crippen LogP contribution in [0.4, 0.5) is 37.7 Å². The van der Waals surface area contributed by atoms with Gasteiger partial charge in [-0.15, -0.1) is 0 Å². The third kappa shape index (κ3) is 3.99. The second-order valence-corrected chi connectivity index (χ2v) is 4.64. The van der Waals surface area contributed by atoms with E-state index >= 15 is 0 Å². The lowest BCUT2D eigenvalue weighted by atomic mass is 10.1. The van der Waals surface area contributed by atoms with Crippen molar-refractivity contribution >= 4 is 11.4 Å². The minimum absolute atomic E-state index is 0.235. The molecule has 0 heterocycles. The monoisotopic (exact) mass is 336 g/mol. The minimum atomic E-state index is -4.71. The van der Waals surface area contributed by atoms with Gasteiger partial charge >= 0.3 is 12.4 Å². The molecule has 2 aromatic rings. The fourth-order valence-electron chi connectivity index (χ4n) is 1.83. The highest BCUT2D eigenvalue weighted by molar-refractivity contribution is 5.54. The van der Waals surface area contributed by atoms with Crippen molar-refractivity contribution in [3.63, 3.8) is 0 Å². The lowest BCUT2D eigenvalue weighted by Crippen LogP contribution is -2.09. The number of halogens is 6. The molecule has 0 aromatic heterocycles. The molecule has 0 bridgehead atoms. The van der Waals surface area contributed by atoms with Gasteiger partial charge in [-0.05, 0) is 30.3 Å². The smallest absolute Gasteiger partial charge is 0.418 e. The maximum Gasteiger partial charge on any atom is 0.418 e. The van der Waals surface area contributed by atoms with Gasteiger partial charge in [0.25, 0.3) is 0 Å². The van der Waals surface area contributed by atoms with E-state index in [2.05, 4.69) is 0 Å². The zero-order valence-corrected chi connectivity index (χ0v) is 11.3. The Morgan fingerprint density at radius 1 is 0.739 bits per heavy atom. The third-order valence-corrected chi connectivity index (χ3v) is 2.82. The molecule has 23 heavy (non-hydrogen) atoms. The molecule has 124 valence electrons. The van der Waals surface area contributed by atoms with E-state index in [1.807, 2.05) is 0 Å². The van der Waals surface area contributed by atoms with Gasteiger partial charge in [0.1, 0.15) is 11.5 Å². The van der Waals surface area contributed by atoms with Crippen LogP contribution in [0.1, 0.15) is 11.1 Å². The first-order valence-electron chi connectivity index (χ1n) is 6.09. The van der Waals surface area contributed by atoms with Crippen molar-refractivity contribution in [1.82, 2.24) is 0 Å². The molecule has 0 saturated heterocycles. The first kappa shape index (κ1) is 16.8. The number of benzene rings is 2. The number of hydrogen-bond acceptors (Lipinski definition) is 3. The van der Waals surface area contributed by atoms with Crippen LogP contribution in [-0.4, -0.2) is 0 Å². The Bertz CT molecular complexity index is 724. The summed E-state index contributed by atoms with van der Waals surface area (Å²) in [5.74, 6) is -0.652. The van der Waals surface area contributed by atoms with E-state index in [0.717, 1.165) is 18.2 Å². The van der Waals surface area contributed by atoms with Crippen LogP contribution < -0.4 is 16.2 Å². The van der Waals surface area contributed by atoms with Crippen LogP contribution in [0.5, 0.6) is 11.5 Å². The number of ether oxygens (including phenoxy) is 1. The molecule has 0 amide bonds. The molecule has 0 unspecified atom stereocenters. The zero-order valence-electron chi connectivity index (χ0n) is 11.3. The van der Waals surface area contributed by atoms with E-state index in [0.29, 0.717) is 18.2 Å². The Balaban J connectivity index is 2.39. The average molecular weight is 336 g/mol. The van der Waals surface area contributed by atoms with Gasteiger partial charge in [-0.1, -0.05) is 0 Å². The van der Waals surface area contributed by atoms with Gasteiger partial charge in [-0.2, -0.15) is 26.3 Å². The van der Waals surface area contributed by atoms with Gasteiger partial charge in [0.05, 0.1) is 11.1 Å². The molecule has 0 radical (unpaired) electrons. The molecule has 9 heteroatoms. The van der Waals surface area contributed by atoms with Crippen LogP contribution in [0.15, 0.2) is 36.4 Å². The SMILES string of the molecule is Nc1cc(Oc2ccc(N)c(C(F)(F)F)c2)cc(C(F)(F)F)c1. The normalized spacial score (nSPS) is 12.3. The summed E-state index contributed by atoms with van der Waals surface area (Å²) < 4.78 is 81.3. The first-order chi connectivity index (χ1) is 10.5. The van der Waals surface area contributed by atoms with E-state index in [1.165, 1.54) is 0 Å². The van der Waals surface area contributed by atoms with Crippen LogP contribution >= 0.6 is 0 Å². The lowest BCUT2D eigenvalue weighted by molar-refractivity contribution is -0.138. The summed E-state index contributed by atoms with van der Waals surface area (Å²) in [4.78, 5) is 0. The highest BCUT2D eigenvalue weighted by Gasteiger charge is 2.34. The molecule has 0 aliphatic heterocycles. The molecule has 2 rings (SSSR count). The van der Waals surface area contributed by atoms with Gasteiger partial charge in [0.2, 0.25) is 0 Å². The standard InChI is InChI=1S/C14H10F6N2O/c15-13(16,17)7-3-8(21)5-10(4-7)23-9-1-2-12(22)11(6-9)14(18,19)20/h1-6H,21-22H2. The molecular weight excluding hydrogens is 326 g/mol. The van der Waals surface area contributed by atoms with E-state index in [4.69, 9.17) is 16.2 Å². The van der Waals surface area contributed by atoms with Gasteiger partial charge in [0.15, 0.2) is 0 Å². The van der Waals surface area contributed by atoms with E-state index in [9.17, 15) is 26.3 Å². The highest BCUT2D eigenvalue weighted by atomic mass is 19.4. The van der Waals surface area contributed by atoms with E-state index < -0.39 is 29.2 Å². The molecule has 3 nitrogen and oxygen atoms in total. The molecule has 0 fully saturated rings. The summed E-state index contributed by atoms with van der Waals surface area (Å²) in [7, 11) is 0. The highest BCUT2D eigenvalue weighted by Crippen LogP contribution is 2.38. The quantitative estimate of drug-likeness (QED) is 0.618. The number of alkyl halides is 6. The van der Waals surface area contributed by atoms with Crippen molar-refractivity contribution in [3.8, 4) is 11.5 Å². The fraction of sp³-hybridized carbons (Fsp3) is 0.143. The van der Waals surface area contributed by atoms with Gasteiger partial charge in [-0.3, -0.25) is 0 Å². The van der Waals surface area contributed by atoms with Crippen LogP contribution in [0.3, 0.4) is 0 Å².